The van der Waals surface area contributed by atoms with Crippen LogP contribution < -0.4 is 0 Å². The molecule has 0 aromatic carbocycles. The number of hydrogen-bond acceptors (Lipinski definition) is 1. The highest BCUT2D eigenvalue weighted by Crippen LogP contribution is 2.23. The van der Waals surface area contributed by atoms with Crippen LogP contribution in [0.5, 0.6) is 0 Å². The number of nitrogens with zero attached hydrogens (tertiary/aromatic N) is 1. The van der Waals surface area contributed by atoms with Crippen molar-refractivity contribution in [1.29, 1.82) is 0 Å². The normalized spacial score (nSPS) is 13.6. The van der Waals surface area contributed by atoms with Crippen molar-refractivity contribution in [2.45, 2.75) is 47.5 Å². The first-order chi connectivity index (χ1) is 6.41. The van der Waals surface area contributed by atoms with Gasteiger partial charge in [0.15, 0.2) is 0 Å². The Hall–Kier alpha value is -0.850. The highest BCUT2D eigenvalue weighted by Gasteiger charge is 2.13. The summed E-state index contributed by atoms with van der Waals surface area (Å²) in [6, 6.07) is 0. The minimum absolute atomic E-state index is 0.171. The van der Waals surface area contributed by atoms with Crippen LogP contribution in [0.1, 0.15) is 47.5 Å². The van der Waals surface area contributed by atoms with Crippen molar-refractivity contribution in [3.63, 3.8) is 0 Å². The van der Waals surface area contributed by atoms with Crippen molar-refractivity contribution in [2.75, 3.05) is 0 Å². The van der Waals surface area contributed by atoms with Crippen LogP contribution in [0.15, 0.2) is 28.9 Å². The first kappa shape index (κ1) is 13.2. The molecule has 14 heavy (non-hydrogen) atoms. The van der Waals surface area contributed by atoms with E-state index in [9.17, 15) is 0 Å². The van der Waals surface area contributed by atoms with Crippen molar-refractivity contribution < 1.29 is 0 Å². The van der Waals surface area contributed by atoms with E-state index < -0.39 is 0 Å². The average molecular weight is 193 g/mol. The predicted molar refractivity (Wildman–Crippen MR) is 65.8 cm³/mol. The van der Waals surface area contributed by atoms with Gasteiger partial charge in [0.25, 0.3) is 0 Å². The van der Waals surface area contributed by atoms with Crippen molar-refractivity contribution in [3.8, 4) is 0 Å². The lowest BCUT2D eigenvalue weighted by Crippen LogP contribution is -2.10. The van der Waals surface area contributed by atoms with E-state index in [1.165, 1.54) is 5.57 Å². The minimum atomic E-state index is 0.171. The Labute approximate surface area is 88.6 Å². The van der Waals surface area contributed by atoms with Gasteiger partial charge in [-0.15, -0.1) is 0 Å². The van der Waals surface area contributed by atoms with Crippen LogP contribution >= 0.6 is 0 Å². The summed E-state index contributed by atoms with van der Waals surface area (Å²) in [7, 11) is 0. The van der Waals surface area contributed by atoms with Gasteiger partial charge in [-0.1, -0.05) is 46.8 Å². The van der Waals surface area contributed by atoms with E-state index in [4.69, 9.17) is 0 Å². The van der Waals surface area contributed by atoms with E-state index in [-0.39, 0.29) is 5.41 Å². The van der Waals surface area contributed by atoms with E-state index in [0.717, 1.165) is 18.5 Å². The van der Waals surface area contributed by atoms with Gasteiger partial charge in [0.1, 0.15) is 0 Å². The van der Waals surface area contributed by atoms with E-state index in [1.807, 2.05) is 6.21 Å². The Morgan fingerprint density at radius 2 is 1.93 bits per heavy atom. The minimum Gasteiger partial charge on any atom is -0.262 e. The Kier molecular flexibility index (Phi) is 5.44. The molecule has 0 aromatic rings. The third-order valence-corrected chi connectivity index (χ3v) is 2.10. The lowest BCUT2D eigenvalue weighted by atomic mass is 9.87. The molecule has 0 heterocycles. The summed E-state index contributed by atoms with van der Waals surface area (Å²) in [5, 5.41) is 0. The standard InChI is InChI=1S/C13H23N/c1-7-9-11(3)14-10-12(8-2)13(4,5)6/h8,10H,3,7,9H2,1-2,4-6H3/b12-8+,14-10?. The zero-order valence-corrected chi connectivity index (χ0v) is 10.2. The molecule has 0 saturated heterocycles. The van der Waals surface area contributed by atoms with Crippen LogP contribution in [0.4, 0.5) is 0 Å². The van der Waals surface area contributed by atoms with Crippen LogP contribution in [0.25, 0.3) is 0 Å². The molecule has 0 saturated carbocycles. The Balaban J connectivity index is 4.42. The quantitative estimate of drug-likeness (QED) is 0.588. The van der Waals surface area contributed by atoms with Gasteiger partial charge in [0.2, 0.25) is 0 Å². The fourth-order valence-electron chi connectivity index (χ4n) is 1.22. The number of allylic oxidation sites excluding steroid dienone is 3. The molecule has 0 spiro atoms. The highest BCUT2D eigenvalue weighted by atomic mass is 14.7. The van der Waals surface area contributed by atoms with E-state index >= 15 is 0 Å². The molecule has 80 valence electrons. The van der Waals surface area contributed by atoms with Gasteiger partial charge < -0.3 is 0 Å². The maximum absolute atomic E-state index is 4.36. The molecule has 0 aliphatic heterocycles. The molecular weight excluding hydrogens is 170 g/mol. The smallest absolute Gasteiger partial charge is 0.0331 e. The lowest BCUT2D eigenvalue weighted by Gasteiger charge is -2.19. The predicted octanol–water partition coefficient (Wildman–Crippen LogP) is 4.36. The van der Waals surface area contributed by atoms with Gasteiger partial charge in [0, 0.05) is 11.9 Å². The van der Waals surface area contributed by atoms with Crippen LogP contribution in [-0.4, -0.2) is 6.21 Å². The molecule has 0 atom stereocenters. The van der Waals surface area contributed by atoms with Crippen LogP contribution in [0, 0.1) is 5.41 Å². The lowest BCUT2D eigenvalue weighted by molar-refractivity contribution is 0.526. The first-order valence-corrected chi connectivity index (χ1v) is 5.30. The Morgan fingerprint density at radius 3 is 2.29 bits per heavy atom. The van der Waals surface area contributed by atoms with E-state index in [1.54, 1.807) is 0 Å². The fraction of sp³-hybridized carbons (Fsp3) is 0.615. The van der Waals surface area contributed by atoms with Gasteiger partial charge in [-0.3, -0.25) is 4.99 Å². The maximum atomic E-state index is 4.36. The third-order valence-electron chi connectivity index (χ3n) is 2.10. The topological polar surface area (TPSA) is 12.4 Å². The molecule has 0 N–H and O–H groups in total. The molecule has 0 amide bonds. The van der Waals surface area contributed by atoms with Crippen LogP contribution in [0.3, 0.4) is 0 Å². The second kappa shape index (κ2) is 5.79. The molecule has 0 fully saturated rings. The molecule has 0 rings (SSSR count). The van der Waals surface area contributed by atoms with Gasteiger partial charge in [-0.05, 0) is 24.3 Å². The molecule has 0 bridgehead atoms. The third kappa shape index (κ3) is 5.00. The van der Waals surface area contributed by atoms with Crippen molar-refractivity contribution >= 4 is 6.21 Å². The van der Waals surface area contributed by atoms with Gasteiger partial charge in [0.05, 0.1) is 0 Å². The summed E-state index contributed by atoms with van der Waals surface area (Å²) >= 11 is 0. The Morgan fingerprint density at radius 1 is 1.36 bits per heavy atom. The molecule has 0 aromatic heterocycles. The Bertz CT molecular complexity index is 238. The molecule has 0 radical (unpaired) electrons. The van der Waals surface area contributed by atoms with Crippen molar-refractivity contribution in [3.05, 3.63) is 23.9 Å². The molecule has 0 aliphatic rings. The summed E-state index contributed by atoms with van der Waals surface area (Å²) < 4.78 is 0. The molecule has 0 aliphatic carbocycles. The first-order valence-electron chi connectivity index (χ1n) is 5.30. The van der Waals surface area contributed by atoms with Crippen LogP contribution in [0.2, 0.25) is 0 Å². The molecule has 0 unspecified atom stereocenters. The SMILES string of the molecule is C=C(CCC)N=C/C(=C\C)C(C)(C)C. The number of rotatable bonds is 4. The van der Waals surface area contributed by atoms with Crippen LogP contribution in [-0.2, 0) is 0 Å². The fourth-order valence-corrected chi connectivity index (χ4v) is 1.22. The van der Waals surface area contributed by atoms with Crippen molar-refractivity contribution in [2.24, 2.45) is 10.4 Å². The molecule has 1 nitrogen and oxygen atoms in total. The summed E-state index contributed by atoms with van der Waals surface area (Å²) in [6.07, 6.45) is 6.15. The second-order valence-electron chi connectivity index (χ2n) is 4.57. The monoisotopic (exact) mass is 193 g/mol. The summed E-state index contributed by atoms with van der Waals surface area (Å²) in [5.74, 6) is 0. The summed E-state index contributed by atoms with van der Waals surface area (Å²) in [4.78, 5) is 4.36. The summed E-state index contributed by atoms with van der Waals surface area (Å²) in [5.41, 5.74) is 2.40. The highest BCUT2D eigenvalue weighted by molar-refractivity contribution is 5.80. The number of hydrogen-bond donors (Lipinski definition) is 0. The number of aliphatic imine (C=N–C) groups is 1. The average Bonchev–Trinajstić information content (AvgIpc) is 2.03. The van der Waals surface area contributed by atoms with Gasteiger partial charge >= 0.3 is 0 Å². The van der Waals surface area contributed by atoms with Gasteiger partial charge in [-0.2, -0.15) is 0 Å². The zero-order valence-electron chi connectivity index (χ0n) is 10.2. The van der Waals surface area contributed by atoms with E-state index in [0.29, 0.717) is 0 Å². The van der Waals surface area contributed by atoms with Gasteiger partial charge in [-0.25, -0.2) is 0 Å². The largest absolute Gasteiger partial charge is 0.262 e. The zero-order chi connectivity index (χ0) is 11.2. The maximum Gasteiger partial charge on any atom is 0.0331 e. The van der Waals surface area contributed by atoms with Crippen molar-refractivity contribution in [1.82, 2.24) is 0 Å². The molecular formula is C13H23N. The molecule has 1 heteroatoms. The summed E-state index contributed by atoms with van der Waals surface area (Å²) in [6.45, 7) is 14.7. The second-order valence-corrected chi connectivity index (χ2v) is 4.57. The van der Waals surface area contributed by atoms with E-state index in [2.05, 4.69) is 52.3 Å².